The third-order valence-corrected chi connectivity index (χ3v) is 2.85. The van der Waals surface area contributed by atoms with Crippen LogP contribution < -0.4 is 5.73 Å². The number of hydrogen-bond acceptors (Lipinski definition) is 2. The number of thioether (sulfide) groups is 1. The summed E-state index contributed by atoms with van der Waals surface area (Å²) in [6.45, 7) is 1.80. The normalized spacial score (nSPS) is 13.9. The molecule has 84 valence electrons. The van der Waals surface area contributed by atoms with Gasteiger partial charge in [0.25, 0.3) is 0 Å². The van der Waals surface area contributed by atoms with Crippen LogP contribution in [0.2, 0.25) is 0 Å². The van der Waals surface area contributed by atoms with Crippen molar-refractivity contribution in [3.05, 3.63) is 29.8 Å². The lowest BCUT2D eigenvalue weighted by Gasteiger charge is -2.09. The van der Waals surface area contributed by atoms with Gasteiger partial charge in [0.1, 0.15) is 0 Å². The van der Waals surface area contributed by atoms with Crippen molar-refractivity contribution in [2.24, 2.45) is 5.73 Å². The lowest BCUT2D eigenvalue weighted by atomic mass is 10.1. The summed E-state index contributed by atoms with van der Waals surface area (Å²) in [4.78, 5) is 0.599. The Morgan fingerprint density at radius 2 is 2.07 bits per heavy atom. The highest BCUT2D eigenvalue weighted by atomic mass is 32.2. The van der Waals surface area contributed by atoms with Gasteiger partial charge in [-0.1, -0.05) is 12.1 Å². The molecule has 1 atom stereocenters. The lowest BCUT2D eigenvalue weighted by molar-refractivity contribution is -0.105. The van der Waals surface area contributed by atoms with Crippen LogP contribution in [0.25, 0.3) is 0 Å². The molecule has 0 saturated heterocycles. The molecule has 0 aliphatic heterocycles. The minimum absolute atomic E-state index is 0.156. The number of benzene rings is 1. The molecule has 15 heavy (non-hydrogen) atoms. The van der Waals surface area contributed by atoms with Crippen LogP contribution in [0.1, 0.15) is 18.5 Å². The van der Waals surface area contributed by atoms with Crippen LogP contribution in [0.3, 0.4) is 0 Å². The Balaban J connectivity index is 2.66. The van der Waals surface area contributed by atoms with E-state index in [4.69, 9.17) is 5.73 Å². The fraction of sp³-hybridized carbons (Fsp3) is 0.400. The van der Waals surface area contributed by atoms with Crippen LogP contribution in [0.4, 0.5) is 13.2 Å². The van der Waals surface area contributed by atoms with E-state index in [-0.39, 0.29) is 6.04 Å². The van der Waals surface area contributed by atoms with E-state index in [0.717, 1.165) is 17.3 Å². The highest BCUT2D eigenvalue weighted by Gasteiger charge is 2.27. The van der Waals surface area contributed by atoms with Crippen molar-refractivity contribution in [1.82, 2.24) is 0 Å². The van der Waals surface area contributed by atoms with E-state index >= 15 is 0 Å². The Labute approximate surface area is 90.9 Å². The lowest BCUT2D eigenvalue weighted by Crippen LogP contribution is -2.10. The summed E-state index contributed by atoms with van der Waals surface area (Å²) in [5.74, 6) is -0.866. The van der Waals surface area contributed by atoms with Gasteiger partial charge in [0.2, 0.25) is 0 Å². The molecule has 0 fully saturated rings. The fourth-order valence-electron chi connectivity index (χ4n) is 1.05. The third kappa shape index (κ3) is 4.57. The smallest absolute Gasteiger partial charge is 0.324 e. The number of halogens is 3. The van der Waals surface area contributed by atoms with Gasteiger partial charge in [0.15, 0.2) is 0 Å². The van der Waals surface area contributed by atoms with Crippen molar-refractivity contribution >= 4 is 11.8 Å². The van der Waals surface area contributed by atoms with E-state index in [0.29, 0.717) is 4.90 Å². The fourth-order valence-corrected chi connectivity index (χ4v) is 1.78. The second-order valence-electron chi connectivity index (χ2n) is 3.27. The summed E-state index contributed by atoms with van der Waals surface area (Å²) in [5, 5.41) is 0. The Hall–Kier alpha value is -0.680. The maximum Gasteiger partial charge on any atom is 0.398 e. The standard InChI is InChI=1S/C10H12F3NS/c1-7(14)8-3-2-4-9(5-8)15-6-10(11,12)13/h2-5,7H,6,14H2,1H3. The molecule has 0 spiro atoms. The summed E-state index contributed by atoms with van der Waals surface area (Å²) < 4.78 is 35.9. The highest BCUT2D eigenvalue weighted by Crippen LogP contribution is 2.28. The first-order valence-corrected chi connectivity index (χ1v) is 5.42. The Morgan fingerprint density at radius 3 is 2.60 bits per heavy atom. The number of nitrogens with two attached hydrogens (primary N) is 1. The predicted octanol–water partition coefficient (Wildman–Crippen LogP) is 3.36. The molecule has 0 amide bonds. The molecule has 5 heteroatoms. The van der Waals surface area contributed by atoms with Crippen molar-refractivity contribution in [3.8, 4) is 0 Å². The van der Waals surface area contributed by atoms with Crippen molar-refractivity contribution < 1.29 is 13.2 Å². The molecule has 1 unspecified atom stereocenters. The van der Waals surface area contributed by atoms with Gasteiger partial charge in [-0.05, 0) is 24.6 Å². The topological polar surface area (TPSA) is 26.0 Å². The predicted molar refractivity (Wildman–Crippen MR) is 55.8 cm³/mol. The van der Waals surface area contributed by atoms with Crippen LogP contribution in [-0.4, -0.2) is 11.9 Å². The van der Waals surface area contributed by atoms with Crippen LogP contribution in [0, 0.1) is 0 Å². The summed E-state index contributed by atoms with van der Waals surface area (Å²) in [7, 11) is 0. The zero-order chi connectivity index (χ0) is 11.5. The minimum Gasteiger partial charge on any atom is -0.324 e. The number of alkyl halides is 3. The van der Waals surface area contributed by atoms with E-state index in [9.17, 15) is 13.2 Å². The third-order valence-electron chi connectivity index (χ3n) is 1.79. The molecule has 0 aliphatic rings. The van der Waals surface area contributed by atoms with Crippen LogP contribution >= 0.6 is 11.8 Å². The van der Waals surface area contributed by atoms with Gasteiger partial charge in [-0.15, -0.1) is 11.8 Å². The SMILES string of the molecule is CC(N)c1cccc(SCC(F)(F)F)c1. The van der Waals surface area contributed by atoms with Crippen LogP contribution in [0.15, 0.2) is 29.2 Å². The van der Waals surface area contributed by atoms with Crippen molar-refractivity contribution in [2.45, 2.75) is 24.0 Å². The van der Waals surface area contributed by atoms with E-state index in [1.165, 1.54) is 0 Å². The van der Waals surface area contributed by atoms with Gasteiger partial charge >= 0.3 is 6.18 Å². The minimum atomic E-state index is -4.13. The van der Waals surface area contributed by atoms with Crippen molar-refractivity contribution in [1.29, 1.82) is 0 Å². The molecule has 0 bridgehead atoms. The van der Waals surface area contributed by atoms with Gasteiger partial charge in [-0.25, -0.2) is 0 Å². The molecule has 0 aromatic heterocycles. The molecule has 1 aromatic rings. The van der Waals surface area contributed by atoms with Gasteiger partial charge in [0.05, 0.1) is 5.75 Å². The van der Waals surface area contributed by atoms with E-state index in [2.05, 4.69) is 0 Å². The number of rotatable bonds is 3. The van der Waals surface area contributed by atoms with Gasteiger partial charge in [-0.3, -0.25) is 0 Å². The summed E-state index contributed by atoms with van der Waals surface area (Å²) >= 11 is 0.778. The molecule has 1 rings (SSSR count). The Bertz CT molecular complexity index is 323. The molecule has 0 saturated carbocycles. The second kappa shape index (κ2) is 4.90. The largest absolute Gasteiger partial charge is 0.398 e. The number of hydrogen-bond donors (Lipinski definition) is 1. The van der Waals surface area contributed by atoms with Gasteiger partial charge < -0.3 is 5.73 Å². The zero-order valence-electron chi connectivity index (χ0n) is 8.21. The monoisotopic (exact) mass is 235 g/mol. The van der Waals surface area contributed by atoms with E-state index in [1.54, 1.807) is 25.1 Å². The average Bonchev–Trinajstić information content (AvgIpc) is 2.14. The van der Waals surface area contributed by atoms with Crippen molar-refractivity contribution in [2.75, 3.05) is 5.75 Å². The maximum atomic E-state index is 12.0. The molecule has 0 heterocycles. The first kappa shape index (κ1) is 12.4. The molecule has 1 nitrogen and oxygen atoms in total. The molecule has 1 aromatic carbocycles. The van der Waals surface area contributed by atoms with Gasteiger partial charge in [-0.2, -0.15) is 13.2 Å². The van der Waals surface area contributed by atoms with Crippen LogP contribution in [0.5, 0.6) is 0 Å². The van der Waals surface area contributed by atoms with E-state index < -0.39 is 11.9 Å². The Morgan fingerprint density at radius 1 is 1.40 bits per heavy atom. The maximum absolute atomic E-state index is 12.0. The molecule has 2 N–H and O–H groups in total. The second-order valence-corrected chi connectivity index (χ2v) is 4.31. The average molecular weight is 235 g/mol. The molecular formula is C10H12F3NS. The summed E-state index contributed by atoms with van der Waals surface area (Å²) in [6, 6.07) is 6.72. The van der Waals surface area contributed by atoms with Crippen LogP contribution in [-0.2, 0) is 0 Å². The first-order valence-electron chi connectivity index (χ1n) is 4.43. The quantitative estimate of drug-likeness (QED) is 0.813. The molecule has 0 aliphatic carbocycles. The Kier molecular flexibility index (Phi) is 4.04. The highest BCUT2D eigenvalue weighted by molar-refractivity contribution is 7.99. The molecule has 0 radical (unpaired) electrons. The van der Waals surface area contributed by atoms with E-state index in [1.807, 2.05) is 6.07 Å². The zero-order valence-corrected chi connectivity index (χ0v) is 9.03. The first-order chi connectivity index (χ1) is 6.88. The molecular weight excluding hydrogens is 223 g/mol. The van der Waals surface area contributed by atoms with Crippen molar-refractivity contribution in [3.63, 3.8) is 0 Å². The summed E-state index contributed by atoms with van der Waals surface area (Å²) in [6.07, 6.45) is -4.13. The van der Waals surface area contributed by atoms with Gasteiger partial charge in [0, 0.05) is 10.9 Å². The summed E-state index contributed by atoms with van der Waals surface area (Å²) in [5.41, 5.74) is 6.48.